The van der Waals surface area contributed by atoms with E-state index in [1.54, 1.807) is 24.3 Å². The van der Waals surface area contributed by atoms with Gasteiger partial charge in [-0.2, -0.15) is 0 Å². The number of nitrogens with zero attached hydrogens (tertiary/aromatic N) is 10. The van der Waals surface area contributed by atoms with Gasteiger partial charge in [0.15, 0.2) is 39.6 Å². The first kappa shape index (κ1) is 34.6. The van der Waals surface area contributed by atoms with Gasteiger partial charge in [0.2, 0.25) is 0 Å². The molecule has 0 fully saturated rings. The molecule has 9 N–H and O–H groups in total. The summed E-state index contributed by atoms with van der Waals surface area (Å²) in [4.78, 5) is 43.8. The van der Waals surface area contributed by atoms with E-state index in [2.05, 4.69) is 65.8 Å². The number of anilines is 5. The molecule has 276 valence electrons. The molecule has 0 atom stereocenters. The van der Waals surface area contributed by atoms with Crippen LogP contribution >= 0.6 is 11.6 Å². The highest BCUT2D eigenvalue weighted by Crippen LogP contribution is 2.19. The van der Waals surface area contributed by atoms with Crippen molar-refractivity contribution in [3.05, 3.63) is 147 Å². The quantitative estimate of drug-likeness (QED) is 0.121. The third-order valence-corrected chi connectivity index (χ3v) is 8.79. The number of fused-ring (bicyclic) bond motifs is 8. The maximum Gasteiger partial charge on any atom is 0.164 e. The van der Waals surface area contributed by atoms with Crippen LogP contribution in [-0.4, -0.2) is 39.9 Å². The summed E-state index contributed by atoms with van der Waals surface area (Å²) in [5.41, 5.74) is 19.3. The van der Waals surface area contributed by atoms with Crippen molar-refractivity contribution in [2.45, 2.75) is 0 Å². The first-order chi connectivity index (χ1) is 27.8. The van der Waals surface area contributed by atoms with Gasteiger partial charge in [-0.05, 0) is 121 Å². The van der Waals surface area contributed by atoms with Gasteiger partial charge in [0.25, 0.3) is 0 Å². The molecule has 57 heavy (non-hydrogen) atoms. The molecule has 9 bridgehead atoms. The number of hydrogen-bond acceptors (Lipinski definition) is 16. The summed E-state index contributed by atoms with van der Waals surface area (Å²) in [7, 11) is 0. The normalized spacial score (nSPS) is 13.0. The number of allylic oxidation sites excluding steroid dienone is 2. The minimum Gasteiger partial charge on any atom is -0.384 e. The second-order valence-corrected chi connectivity index (χ2v) is 13.0. The fourth-order valence-corrected chi connectivity index (χ4v) is 5.99. The van der Waals surface area contributed by atoms with E-state index in [0.717, 1.165) is 38.2 Å². The third-order valence-electron chi connectivity index (χ3n) is 8.57. The van der Waals surface area contributed by atoms with Gasteiger partial charge in [-0.1, -0.05) is 11.6 Å². The lowest BCUT2D eigenvalue weighted by Gasteiger charge is -2.20. The van der Waals surface area contributed by atoms with Gasteiger partial charge in [-0.3, -0.25) is 0 Å². The molecule has 0 saturated heterocycles. The van der Waals surface area contributed by atoms with Crippen LogP contribution in [0.1, 0.15) is 0 Å². The van der Waals surface area contributed by atoms with Crippen molar-refractivity contribution >= 4 is 97.6 Å². The maximum atomic E-state index is 5.68. The predicted molar refractivity (Wildman–Crippen MR) is 222 cm³/mol. The summed E-state index contributed by atoms with van der Waals surface area (Å²) in [5.74, 6) is 5.41. The first-order valence-corrected chi connectivity index (χ1v) is 17.8. The molecule has 3 aliphatic rings. The van der Waals surface area contributed by atoms with E-state index in [-0.39, 0.29) is 0 Å². The minimum absolute atomic E-state index is 0.431. The Morgan fingerprint density at radius 2 is 0.807 bits per heavy atom. The lowest BCUT2D eigenvalue weighted by atomic mass is 10.2. The largest absolute Gasteiger partial charge is 0.384 e. The van der Waals surface area contributed by atoms with E-state index >= 15 is 0 Å². The van der Waals surface area contributed by atoms with E-state index in [9.17, 15) is 0 Å². The molecule has 0 radical (unpaired) electrons. The Bertz CT molecular complexity index is 2960. The topological polar surface area (TPSA) is 242 Å². The van der Waals surface area contributed by atoms with E-state index in [4.69, 9.17) is 28.8 Å². The molecule has 0 amide bonds. The molecule has 0 spiro atoms. The van der Waals surface area contributed by atoms with Gasteiger partial charge in [0, 0.05) is 26.6 Å². The van der Waals surface area contributed by atoms with Crippen LogP contribution in [-0.2, 0) is 0 Å². The van der Waals surface area contributed by atoms with Crippen LogP contribution in [0.5, 0.6) is 0 Å². The monoisotopic (exact) mass is 768 g/mol. The van der Waals surface area contributed by atoms with Gasteiger partial charge in [0.1, 0.15) is 45.9 Å². The molecule has 16 nitrogen and oxygen atoms in total. The highest BCUT2D eigenvalue weighted by molar-refractivity contribution is 6.29. The Morgan fingerprint density at radius 3 is 1.30 bits per heavy atom. The predicted octanol–water partition coefficient (Wildman–Crippen LogP) is 3.68. The summed E-state index contributed by atoms with van der Waals surface area (Å²) in [6, 6.07) is 29.7. The number of rotatable bonds is 0. The summed E-state index contributed by atoms with van der Waals surface area (Å²) in [6.45, 7) is 0. The van der Waals surface area contributed by atoms with Crippen molar-refractivity contribution in [3.8, 4) is 0 Å². The highest BCUT2D eigenvalue weighted by atomic mass is 35.5. The molecule has 3 aliphatic heterocycles. The van der Waals surface area contributed by atoms with E-state index in [1.807, 2.05) is 97.1 Å². The molecule has 17 heteroatoms. The van der Waals surface area contributed by atoms with Crippen molar-refractivity contribution < 1.29 is 0 Å². The number of nitrogen functional groups attached to an aromatic ring is 3. The molecule has 8 aromatic rings. The van der Waals surface area contributed by atoms with Crippen LogP contribution in [0.25, 0.3) is 45.3 Å². The number of nitrogens with two attached hydrogens (primary N) is 3. The van der Waals surface area contributed by atoms with Crippen LogP contribution in [0.2, 0.25) is 5.15 Å². The van der Waals surface area contributed by atoms with Crippen LogP contribution in [0, 0.1) is 0 Å². The van der Waals surface area contributed by atoms with Crippen molar-refractivity contribution in [3.63, 3.8) is 0 Å². The van der Waals surface area contributed by atoms with Crippen molar-refractivity contribution in [2.24, 2.45) is 9.98 Å². The Kier molecular flexibility index (Phi) is 8.88. The number of halogens is 1. The third kappa shape index (κ3) is 7.78. The average Bonchev–Trinajstić information content (AvgIpc) is 3.20. The summed E-state index contributed by atoms with van der Waals surface area (Å²) < 4.78 is 0. The molecular formula is C40H29ClN16. The minimum atomic E-state index is 0.431. The highest BCUT2D eigenvalue weighted by Gasteiger charge is 2.12. The van der Waals surface area contributed by atoms with Gasteiger partial charge in [-0.25, -0.2) is 49.9 Å². The molecule has 8 aromatic heterocycles. The molecule has 0 aliphatic carbocycles. The van der Waals surface area contributed by atoms with Gasteiger partial charge in [0.05, 0.1) is 0 Å². The smallest absolute Gasteiger partial charge is 0.164 e. The second kappa shape index (κ2) is 14.6. The van der Waals surface area contributed by atoms with Crippen LogP contribution in [0.15, 0.2) is 131 Å². The Balaban J connectivity index is 0.000000143. The van der Waals surface area contributed by atoms with E-state index < -0.39 is 0 Å². The van der Waals surface area contributed by atoms with Gasteiger partial charge < -0.3 is 33.2 Å². The fraction of sp³-hybridized carbons (Fsp3) is 0. The van der Waals surface area contributed by atoms with Gasteiger partial charge >= 0.3 is 0 Å². The zero-order valence-corrected chi connectivity index (χ0v) is 30.4. The Morgan fingerprint density at radius 1 is 0.386 bits per heavy atom. The fourth-order valence-electron chi connectivity index (χ4n) is 5.85. The summed E-state index contributed by atoms with van der Waals surface area (Å²) in [6.07, 6.45) is 7.92. The van der Waals surface area contributed by atoms with E-state index in [0.29, 0.717) is 73.8 Å². The number of aromatic nitrogens is 8. The Labute approximate surface area is 327 Å². The second-order valence-electron chi connectivity index (χ2n) is 12.6. The molecule has 11 heterocycles. The van der Waals surface area contributed by atoms with Crippen LogP contribution in [0.3, 0.4) is 0 Å². The summed E-state index contributed by atoms with van der Waals surface area (Å²) >= 11 is 5.68. The summed E-state index contributed by atoms with van der Waals surface area (Å²) in [5, 5.41) is 15.2. The first-order valence-electron chi connectivity index (χ1n) is 17.4. The number of pyridine rings is 8. The standard InChI is InChI=1S/C24H15N9.C8H6ClN3.C8H8N4/c1-7-16-25-18-9-3-14-5-11-20(32-23(14)30-18)27-21-12-6-15-4-10-19(31-24(15)33-21)26-17-8-2-13(1)22(28-16)29-17;2*9-6-3-1-5-2-4-7(10)12-8(5)11-6/h1-12H,(H3,25,26,27,28,29,30,31,32,33);1-4H,(H2,10,11,12);1-4H,(H4,9,10,11,12). The average molecular weight is 769 g/mol. The molecular weight excluding hydrogens is 740 g/mol. The zero-order valence-electron chi connectivity index (χ0n) is 29.6. The molecule has 0 aromatic carbocycles. The van der Waals surface area contributed by atoms with E-state index in [1.165, 1.54) is 0 Å². The van der Waals surface area contributed by atoms with Crippen molar-refractivity contribution in [1.29, 1.82) is 0 Å². The number of hydrogen-bond donors (Lipinski definition) is 6. The van der Waals surface area contributed by atoms with Crippen molar-refractivity contribution in [1.82, 2.24) is 45.2 Å². The van der Waals surface area contributed by atoms with Gasteiger partial charge in [-0.15, -0.1) is 0 Å². The maximum absolute atomic E-state index is 5.68. The molecule has 11 rings (SSSR count). The number of nitrogens with one attached hydrogen (secondary N) is 3. The van der Waals surface area contributed by atoms with Crippen molar-refractivity contribution in [2.75, 3.05) is 27.8 Å². The lowest BCUT2D eigenvalue weighted by Crippen LogP contribution is -2.32. The SMILES string of the molecule is C1=C2NC3=CC=c4ccc(nc4N3)=Nc3ccc4ccc(nc4n3)N=c3ccc(c(n3)N2)=C1.Nc1ccc2ccc(Cl)nc2n1.Nc1ccc2ccc(N)nc2n1. The van der Waals surface area contributed by atoms with Crippen LogP contribution < -0.4 is 54.6 Å². The lowest BCUT2D eigenvalue weighted by molar-refractivity contribution is 0.953. The zero-order chi connectivity index (χ0) is 38.9. The molecule has 0 unspecified atom stereocenters. The van der Waals surface area contributed by atoms with Crippen LogP contribution in [0.4, 0.5) is 40.7 Å². The molecule has 0 saturated carbocycles. The Hall–Kier alpha value is -8.11.